The molecule has 11 N–H and O–H groups in total. The molecule has 0 aromatic carbocycles. The number of nitrogens with two attached hydrogens (primary N) is 3. The lowest BCUT2D eigenvalue weighted by molar-refractivity contribution is -0.143. The molecule has 0 bridgehead atoms. The minimum Gasteiger partial charge on any atom is -0.480 e. The molecule has 0 radical (unpaired) electrons. The molecule has 196 valence electrons. The second-order valence-electron chi connectivity index (χ2n) is 9.04. The fourth-order valence-electron chi connectivity index (χ4n) is 2.96. The SMILES string of the molecule is CC(C)CC(NC(=O)C(CCCN=C(N)N)NC(=O)C(NC(=O)C(N)C(C)C)C(C)O)C(=O)O. The van der Waals surface area contributed by atoms with Crippen molar-refractivity contribution in [3.8, 4) is 0 Å². The summed E-state index contributed by atoms with van der Waals surface area (Å²) >= 11 is 0. The number of nitrogens with one attached hydrogen (secondary N) is 3. The number of aliphatic imine (C=N–C) groups is 1. The van der Waals surface area contributed by atoms with Gasteiger partial charge < -0.3 is 43.4 Å². The van der Waals surface area contributed by atoms with Gasteiger partial charge in [-0.15, -0.1) is 0 Å². The molecule has 0 rings (SSSR count). The fourth-order valence-corrected chi connectivity index (χ4v) is 2.96. The van der Waals surface area contributed by atoms with E-state index in [1.807, 2.05) is 13.8 Å². The summed E-state index contributed by atoms with van der Waals surface area (Å²) in [6.45, 7) is 8.57. The van der Waals surface area contributed by atoms with Crippen molar-refractivity contribution in [3.05, 3.63) is 0 Å². The number of carbonyl (C=O) groups excluding carboxylic acids is 3. The molecule has 0 fully saturated rings. The first-order valence-electron chi connectivity index (χ1n) is 11.3. The zero-order valence-electron chi connectivity index (χ0n) is 20.6. The minimum absolute atomic E-state index is 0.00342. The van der Waals surface area contributed by atoms with Crippen LogP contribution < -0.4 is 33.2 Å². The van der Waals surface area contributed by atoms with Crippen molar-refractivity contribution in [2.75, 3.05) is 6.54 Å². The van der Waals surface area contributed by atoms with Crippen LogP contribution in [0.4, 0.5) is 0 Å². The van der Waals surface area contributed by atoms with Gasteiger partial charge in [0.25, 0.3) is 0 Å². The second-order valence-corrected chi connectivity index (χ2v) is 9.04. The van der Waals surface area contributed by atoms with Crippen LogP contribution in [0.25, 0.3) is 0 Å². The first-order valence-corrected chi connectivity index (χ1v) is 11.3. The molecule has 0 saturated carbocycles. The maximum Gasteiger partial charge on any atom is 0.326 e. The van der Waals surface area contributed by atoms with E-state index < -0.39 is 54.0 Å². The van der Waals surface area contributed by atoms with Crippen molar-refractivity contribution in [1.82, 2.24) is 16.0 Å². The number of rotatable bonds is 15. The molecule has 0 aliphatic carbocycles. The average molecular weight is 488 g/mol. The first-order chi connectivity index (χ1) is 15.7. The number of hydrogen-bond donors (Lipinski definition) is 8. The largest absolute Gasteiger partial charge is 0.480 e. The fraction of sp³-hybridized carbons (Fsp3) is 0.762. The Hall–Kier alpha value is -2.93. The average Bonchev–Trinajstić information content (AvgIpc) is 2.71. The van der Waals surface area contributed by atoms with Gasteiger partial charge in [0.1, 0.15) is 18.1 Å². The molecule has 13 heteroatoms. The number of aliphatic hydroxyl groups is 1. The van der Waals surface area contributed by atoms with Gasteiger partial charge in [-0.25, -0.2) is 4.79 Å². The van der Waals surface area contributed by atoms with Gasteiger partial charge in [0.2, 0.25) is 17.7 Å². The van der Waals surface area contributed by atoms with Gasteiger partial charge in [0.05, 0.1) is 12.1 Å². The number of guanidine groups is 1. The van der Waals surface area contributed by atoms with Crippen LogP contribution in [0.15, 0.2) is 4.99 Å². The van der Waals surface area contributed by atoms with E-state index >= 15 is 0 Å². The predicted molar refractivity (Wildman–Crippen MR) is 127 cm³/mol. The van der Waals surface area contributed by atoms with Crippen LogP contribution in [0.2, 0.25) is 0 Å². The van der Waals surface area contributed by atoms with Gasteiger partial charge in [-0.2, -0.15) is 0 Å². The van der Waals surface area contributed by atoms with Crippen molar-refractivity contribution in [3.63, 3.8) is 0 Å². The monoisotopic (exact) mass is 487 g/mol. The Balaban J connectivity index is 5.58. The number of aliphatic hydroxyl groups excluding tert-OH is 1. The minimum atomic E-state index is -1.38. The zero-order chi connectivity index (χ0) is 26.6. The number of carbonyl (C=O) groups is 4. The second kappa shape index (κ2) is 15.1. The number of nitrogens with zero attached hydrogens (tertiary/aromatic N) is 1. The molecular weight excluding hydrogens is 446 g/mol. The third-order valence-electron chi connectivity index (χ3n) is 4.98. The van der Waals surface area contributed by atoms with Gasteiger partial charge in [-0.1, -0.05) is 27.7 Å². The highest BCUT2D eigenvalue weighted by Gasteiger charge is 2.32. The van der Waals surface area contributed by atoms with Crippen LogP contribution in [-0.2, 0) is 19.2 Å². The molecule has 0 heterocycles. The Morgan fingerprint density at radius 3 is 1.88 bits per heavy atom. The van der Waals surface area contributed by atoms with Gasteiger partial charge in [-0.3, -0.25) is 19.4 Å². The smallest absolute Gasteiger partial charge is 0.326 e. The summed E-state index contributed by atoms with van der Waals surface area (Å²) in [7, 11) is 0. The number of amides is 3. The molecule has 3 amide bonds. The highest BCUT2D eigenvalue weighted by atomic mass is 16.4. The van der Waals surface area contributed by atoms with Gasteiger partial charge in [0.15, 0.2) is 5.96 Å². The van der Waals surface area contributed by atoms with Gasteiger partial charge >= 0.3 is 5.97 Å². The van der Waals surface area contributed by atoms with E-state index in [4.69, 9.17) is 17.2 Å². The van der Waals surface area contributed by atoms with Crippen molar-refractivity contribution in [1.29, 1.82) is 0 Å². The normalized spacial score (nSPS) is 15.6. The maximum atomic E-state index is 12.9. The molecule has 34 heavy (non-hydrogen) atoms. The van der Waals surface area contributed by atoms with Gasteiger partial charge in [0, 0.05) is 6.54 Å². The maximum absolute atomic E-state index is 12.9. The topological polar surface area (TPSA) is 235 Å². The highest BCUT2D eigenvalue weighted by Crippen LogP contribution is 2.08. The van der Waals surface area contributed by atoms with E-state index in [0.717, 1.165) is 0 Å². The van der Waals surface area contributed by atoms with E-state index in [1.54, 1.807) is 13.8 Å². The molecule has 5 unspecified atom stereocenters. The Bertz CT molecular complexity index is 722. The Morgan fingerprint density at radius 2 is 1.44 bits per heavy atom. The van der Waals surface area contributed by atoms with Gasteiger partial charge in [-0.05, 0) is 38.0 Å². The molecule has 0 aliphatic heterocycles. The Morgan fingerprint density at radius 1 is 0.882 bits per heavy atom. The summed E-state index contributed by atoms with van der Waals surface area (Å²) < 4.78 is 0. The van der Waals surface area contributed by atoms with E-state index in [1.165, 1.54) is 6.92 Å². The molecule has 0 aromatic rings. The first kappa shape index (κ1) is 31.1. The van der Waals surface area contributed by atoms with Crippen LogP contribution in [0, 0.1) is 11.8 Å². The van der Waals surface area contributed by atoms with Crippen LogP contribution in [0.3, 0.4) is 0 Å². The molecule has 0 aromatic heterocycles. The van der Waals surface area contributed by atoms with Crippen LogP contribution in [0.5, 0.6) is 0 Å². The Labute approximate surface area is 200 Å². The Kier molecular flexibility index (Phi) is 13.8. The lowest BCUT2D eigenvalue weighted by Crippen LogP contribution is -2.60. The van der Waals surface area contributed by atoms with E-state index in [9.17, 15) is 29.4 Å². The molecule has 13 nitrogen and oxygen atoms in total. The highest BCUT2D eigenvalue weighted by molar-refractivity contribution is 5.94. The third-order valence-corrected chi connectivity index (χ3v) is 4.98. The van der Waals surface area contributed by atoms with Crippen LogP contribution in [-0.4, -0.2) is 76.7 Å². The number of carboxylic acid groups (broad SMARTS) is 1. The number of hydrogen-bond acceptors (Lipinski definition) is 7. The summed E-state index contributed by atoms with van der Waals surface area (Å²) in [4.78, 5) is 53.4. The lowest BCUT2D eigenvalue weighted by Gasteiger charge is -2.27. The van der Waals surface area contributed by atoms with E-state index in [2.05, 4.69) is 20.9 Å². The summed E-state index contributed by atoms with van der Waals surface area (Å²) in [6.07, 6.45) is -0.729. The molecule has 0 spiro atoms. The van der Waals surface area contributed by atoms with Crippen molar-refractivity contribution in [2.24, 2.45) is 34.0 Å². The standard InChI is InChI=1S/C21H41N7O6/c1-10(2)9-14(20(33)34)27-17(30)13(7-6-8-25-21(23)24)26-19(32)16(12(5)29)28-18(31)15(22)11(3)4/h10-16,29H,6-9,22H2,1-5H3,(H,26,32)(H,27,30)(H,28,31)(H,33,34)(H4,23,24,25). The molecule has 0 aliphatic rings. The molecule has 5 atom stereocenters. The number of carboxylic acids is 1. The summed E-state index contributed by atoms with van der Waals surface area (Å²) in [5, 5.41) is 26.8. The van der Waals surface area contributed by atoms with Crippen molar-refractivity contribution >= 4 is 29.7 Å². The lowest BCUT2D eigenvalue weighted by atomic mass is 10.0. The summed E-state index contributed by atoms with van der Waals surface area (Å²) in [5.74, 6) is -3.72. The summed E-state index contributed by atoms with van der Waals surface area (Å²) in [6, 6.07) is -4.59. The van der Waals surface area contributed by atoms with E-state index in [0.29, 0.717) is 6.42 Å². The zero-order valence-corrected chi connectivity index (χ0v) is 20.6. The number of aliphatic carboxylic acids is 1. The quantitative estimate of drug-likeness (QED) is 0.0722. The van der Waals surface area contributed by atoms with Crippen LogP contribution in [0.1, 0.15) is 53.9 Å². The van der Waals surface area contributed by atoms with E-state index in [-0.39, 0.29) is 37.2 Å². The molecular formula is C21H41N7O6. The molecule has 0 saturated heterocycles. The predicted octanol–water partition coefficient (Wildman–Crippen LogP) is -2.01. The van der Waals surface area contributed by atoms with Crippen LogP contribution >= 0.6 is 0 Å². The summed E-state index contributed by atoms with van der Waals surface area (Å²) in [5.41, 5.74) is 16.4. The van der Waals surface area contributed by atoms with Crippen molar-refractivity contribution in [2.45, 2.75) is 84.2 Å². The third kappa shape index (κ3) is 11.8. The van der Waals surface area contributed by atoms with Crippen molar-refractivity contribution < 1.29 is 29.4 Å².